The van der Waals surface area contributed by atoms with Crippen LogP contribution >= 0.6 is 11.8 Å². The van der Waals surface area contributed by atoms with Crippen molar-refractivity contribution >= 4 is 31.8 Å². The van der Waals surface area contributed by atoms with Crippen molar-refractivity contribution in [2.24, 2.45) is 0 Å². The summed E-state index contributed by atoms with van der Waals surface area (Å²) in [5, 5.41) is 1.28. The molecule has 0 aliphatic carbocycles. The fourth-order valence-corrected chi connectivity index (χ4v) is 11.9. The number of unbranched alkanes of at least 4 members (excludes halogenated alkanes) is 3. The van der Waals surface area contributed by atoms with Crippen LogP contribution in [0.15, 0.2) is 29.2 Å². The summed E-state index contributed by atoms with van der Waals surface area (Å²) in [6.45, 7) is 12.4. The maximum absolute atomic E-state index is 12.1. The number of carbonyl (C=O) groups is 2. The Morgan fingerprint density at radius 2 is 1.30 bits per heavy atom. The zero-order valence-corrected chi connectivity index (χ0v) is 23.7. The van der Waals surface area contributed by atoms with Crippen molar-refractivity contribution < 1.29 is 19.1 Å². The number of benzene rings is 1. The Labute approximate surface area is 207 Å². The zero-order valence-electron chi connectivity index (χ0n) is 21.8. The molecule has 4 nitrogen and oxygen atoms in total. The maximum Gasteiger partial charge on any atom is 0.311 e. The van der Waals surface area contributed by atoms with Crippen LogP contribution in [0.2, 0.25) is 18.1 Å². The predicted molar refractivity (Wildman–Crippen MR) is 143 cm³/mol. The number of esters is 2. The lowest BCUT2D eigenvalue weighted by Gasteiger charge is -2.32. The van der Waals surface area contributed by atoms with Crippen molar-refractivity contribution in [3.8, 4) is 5.75 Å². The largest absolute Gasteiger partial charge is 0.460 e. The van der Waals surface area contributed by atoms with Gasteiger partial charge >= 0.3 is 11.9 Å². The Hall–Kier alpha value is -1.27. The number of rotatable bonds is 16. The van der Waals surface area contributed by atoms with Crippen LogP contribution in [-0.4, -0.2) is 31.0 Å². The van der Waals surface area contributed by atoms with Crippen LogP contribution < -0.4 is 4.74 Å². The number of ether oxygens (including phenoxy) is 2. The van der Waals surface area contributed by atoms with Gasteiger partial charge in [-0.1, -0.05) is 77.4 Å². The van der Waals surface area contributed by atoms with Crippen molar-refractivity contribution in [3.63, 3.8) is 0 Å². The van der Waals surface area contributed by atoms with Crippen LogP contribution in [0, 0.1) is 0 Å². The fraction of sp³-hybridized carbons (Fsp3) is 0.704. The monoisotopic (exact) mass is 494 g/mol. The van der Waals surface area contributed by atoms with E-state index in [-0.39, 0.29) is 18.8 Å². The first-order valence-electron chi connectivity index (χ1n) is 12.8. The summed E-state index contributed by atoms with van der Waals surface area (Å²) < 4.78 is 10.6. The molecule has 0 aliphatic rings. The second-order valence-electron chi connectivity index (χ2n) is 10.1. The van der Waals surface area contributed by atoms with Crippen molar-refractivity contribution in [1.29, 1.82) is 0 Å². The zero-order chi connectivity index (χ0) is 24.7. The van der Waals surface area contributed by atoms with Gasteiger partial charge in [-0.2, -0.15) is 0 Å². The molecule has 6 heteroatoms. The van der Waals surface area contributed by atoms with E-state index < -0.39 is 19.6 Å². The molecule has 188 valence electrons. The van der Waals surface area contributed by atoms with Gasteiger partial charge in [-0.25, -0.2) is 0 Å². The molecule has 0 saturated carbocycles. The molecule has 0 heterocycles. The van der Waals surface area contributed by atoms with E-state index in [0.29, 0.717) is 5.75 Å². The van der Waals surface area contributed by atoms with E-state index in [0.717, 1.165) is 0 Å². The molecule has 0 radical (unpaired) electrons. The molecule has 1 aromatic carbocycles. The molecular weight excluding hydrogens is 448 g/mol. The standard InChI is InChI=1S/C27H46O4SSi/c1-7-10-19-33(20-11-8-2,21-12-9-3)22-32-24-15-13-23(14-16-24)30-25(28)17-18-26(29)31-27(4,5)6/h13-16H,7-12,17-22H2,1-6H3. The quantitative estimate of drug-likeness (QED) is 0.100. The fourth-order valence-electron chi connectivity index (χ4n) is 3.87. The van der Waals surface area contributed by atoms with E-state index in [2.05, 4.69) is 32.9 Å². The third kappa shape index (κ3) is 13.3. The van der Waals surface area contributed by atoms with E-state index in [4.69, 9.17) is 9.47 Å². The maximum atomic E-state index is 12.1. The van der Waals surface area contributed by atoms with Gasteiger partial charge in [-0.05, 0) is 50.4 Å². The molecule has 0 unspecified atom stereocenters. The molecule has 33 heavy (non-hydrogen) atoms. The molecule has 0 aliphatic heterocycles. The molecule has 0 saturated heterocycles. The molecule has 0 amide bonds. The minimum absolute atomic E-state index is 0.0197. The average Bonchev–Trinajstić information content (AvgIpc) is 2.76. The van der Waals surface area contributed by atoms with Gasteiger partial charge in [0.25, 0.3) is 0 Å². The molecule has 0 fully saturated rings. The first-order valence-corrected chi connectivity index (χ1v) is 16.6. The Bertz CT molecular complexity index is 675. The molecule has 1 aromatic rings. The second kappa shape index (κ2) is 15.6. The van der Waals surface area contributed by atoms with E-state index >= 15 is 0 Å². The number of thioether (sulfide) groups is 1. The van der Waals surface area contributed by atoms with Crippen LogP contribution in [-0.2, 0) is 14.3 Å². The summed E-state index contributed by atoms with van der Waals surface area (Å²) in [6.07, 6.45) is 7.98. The summed E-state index contributed by atoms with van der Waals surface area (Å²) >= 11 is 1.99. The minimum atomic E-state index is -1.29. The molecule has 0 spiro atoms. The van der Waals surface area contributed by atoms with Crippen LogP contribution in [0.1, 0.15) is 92.9 Å². The van der Waals surface area contributed by atoms with Crippen molar-refractivity contribution in [1.82, 2.24) is 0 Å². The molecular formula is C27H46O4SSi. The lowest BCUT2D eigenvalue weighted by atomic mass is 10.2. The molecule has 0 atom stereocenters. The van der Waals surface area contributed by atoms with Crippen LogP contribution in [0.5, 0.6) is 5.75 Å². The smallest absolute Gasteiger partial charge is 0.311 e. The van der Waals surface area contributed by atoms with Crippen molar-refractivity contribution in [2.75, 3.05) is 5.38 Å². The summed E-state index contributed by atoms with van der Waals surface area (Å²) in [6, 6.07) is 12.2. The number of carbonyl (C=O) groups excluding carboxylic acids is 2. The Balaban J connectivity index is 2.63. The van der Waals surface area contributed by atoms with Gasteiger partial charge in [-0.3, -0.25) is 9.59 Å². The van der Waals surface area contributed by atoms with E-state index in [9.17, 15) is 9.59 Å². The molecule has 0 aromatic heterocycles. The minimum Gasteiger partial charge on any atom is -0.460 e. The third-order valence-corrected chi connectivity index (χ3v) is 13.6. The van der Waals surface area contributed by atoms with Gasteiger partial charge in [0.05, 0.1) is 20.9 Å². The lowest BCUT2D eigenvalue weighted by molar-refractivity contribution is -0.156. The summed E-state index contributed by atoms with van der Waals surface area (Å²) in [5.41, 5.74) is -0.543. The van der Waals surface area contributed by atoms with E-state index in [1.807, 2.05) is 44.7 Å². The Kier molecular flexibility index (Phi) is 14.1. The predicted octanol–water partition coefficient (Wildman–Crippen LogP) is 8.19. The highest BCUT2D eigenvalue weighted by molar-refractivity contribution is 8.01. The highest BCUT2D eigenvalue weighted by Crippen LogP contribution is 2.34. The molecule has 0 bridgehead atoms. The van der Waals surface area contributed by atoms with Gasteiger partial charge < -0.3 is 9.47 Å². The van der Waals surface area contributed by atoms with Crippen molar-refractivity contribution in [3.05, 3.63) is 24.3 Å². The SMILES string of the molecule is CCCC[Si](CCCC)(CCCC)CSc1ccc(OC(=O)CCC(=O)OC(C)(C)C)cc1. The lowest BCUT2D eigenvalue weighted by Crippen LogP contribution is -2.37. The first-order chi connectivity index (χ1) is 15.6. The number of hydrogen-bond acceptors (Lipinski definition) is 5. The van der Waals surface area contributed by atoms with Crippen molar-refractivity contribution in [2.45, 2.75) is 122 Å². The third-order valence-electron chi connectivity index (χ3n) is 5.74. The van der Waals surface area contributed by atoms with Gasteiger partial charge in [0.2, 0.25) is 0 Å². The van der Waals surface area contributed by atoms with E-state index in [1.165, 1.54) is 66.9 Å². The van der Waals surface area contributed by atoms with Crippen LogP contribution in [0.4, 0.5) is 0 Å². The van der Waals surface area contributed by atoms with E-state index in [1.54, 1.807) is 0 Å². The van der Waals surface area contributed by atoms with Gasteiger partial charge in [0.1, 0.15) is 11.4 Å². The second-order valence-corrected chi connectivity index (χ2v) is 16.5. The summed E-state index contributed by atoms with van der Waals surface area (Å²) in [4.78, 5) is 25.1. The summed E-state index contributed by atoms with van der Waals surface area (Å²) in [5.74, 6) is -0.264. The van der Waals surface area contributed by atoms with Gasteiger partial charge in [-0.15, -0.1) is 11.8 Å². The van der Waals surface area contributed by atoms with Gasteiger partial charge in [0, 0.05) is 4.90 Å². The number of hydrogen-bond donors (Lipinski definition) is 0. The Morgan fingerprint density at radius 1 is 0.818 bits per heavy atom. The topological polar surface area (TPSA) is 52.6 Å². The average molecular weight is 495 g/mol. The highest BCUT2D eigenvalue weighted by Gasteiger charge is 2.31. The molecule has 1 rings (SSSR count). The normalized spacial score (nSPS) is 11.9. The first kappa shape index (κ1) is 29.8. The highest BCUT2D eigenvalue weighted by atomic mass is 32.2. The summed E-state index contributed by atoms with van der Waals surface area (Å²) in [7, 11) is -1.29. The van der Waals surface area contributed by atoms with Gasteiger partial charge in [0.15, 0.2) is 0 Å². The van der Waals surface area contributed by atoms with Crippen LogP contribution in [0.25, 0.3) is 0 Å². The Morgan fingerprint density at radius 3 is 1.76 bits per heavy atom. The molecule has 0 N–H and O–H groups in total. The van der Waals surface area contributed by atoms with Crippen LogP contribution in [0.3, 0.4) is 0 Å².